The summed E-state index contributed by atoms with van der Waals surface area (Å²) in [7, 11) is 0. The van der Waals surface area contributed by atoms with Gasteiger partial charge < -0.3 is 9.64 Å². The first-order valence-corrected chi connectivity index (χ1v) is 8.22. The third kappa shape index (κ3) is 4.86. The second kappa shape index (κ2) is 8.23. The Kier molecular flexibility index (Phi) is 6.24. The molecule has 1 saturated heterocycles. The number of piperidine rings is 1. The van der Waals surface area contributed by atoms with Crippen molar-refractivity contribution in [2.45, 2.75) is 31.9 Å². The summed E-state index contributed by atoms with van der Waals surface area (Å²) in [6.45, 7) is 1.29. The van der Waals surface area contributed by atoms with E-state index in [-0.39, 0.29) is 30.9 Å². The number of nitro groups is 1. The summed E-state index contributed by atoms with van der Waals surface area (Å²) < 4.78 is 42.9. The molecule has 1 fully saturated rings. The van der Waals surface area contributed by atoms with Crippen LogP contribution in [-0.2, 0) is 9.53 Å². The number of halogens is 3. The molecule has 0 spiro atoms. The van der Waals surface area contributed by atoms with E-state index in [2.05, 4.69) is 5.32 Å². The van der Waals surface area contributed by atoms with E-state index in [0.717, 1.165) is 0 Å². The first kappa shape index (κ1) is 20.5. The number of para-hydroxylation sites is 1. The van der Waals surface area contributed by atoms with E-state index < -0.39 is 34.7 Å². The summed E-state index contributed by atoms with van der Waals surface area (Å²) in [5, 5.41) is 13.6. The molecule has 0 aliphatic carbocycles. The molecule has 11 heteroatoms. The largest absolute Gasteiger partial charge is 0.471 e. The van der Waals surface area contributed by atoms with E-state index in [0.29, 0.717) is 17.7 Å². The van der Waals surface area contributed by atoms with Gasteiger partial charge in [-0.15, -0.1) is 0 Å². The lowest BCUT2D eigenvalue weighted by Gasteiger charge is -2.34. The van der Waals surface area contributed by atoms with Crippen LogP contribution in [0.5, 0.6) is 0 Å². The molecule has 0 aromatic heterocycles. The van der Waals surface area contributed by atoms with Gasteiger partial charge in [0.25, 0.3) is 5.69 Å². The van der Waals surface area contributed by atoms with Gasteiger partial charge in [0, 0.05) is 25.1 Å². The van der Waals surface area contributed by atoms with Crippen LogP contribution in [0.3, 0.4) is 0 Å². The maximum atomic E-state index is 12.7. The van der Waals surface area contributed by atoms with Gasteiger partial charge in [-0.3, -0.25) is 20.2 Å². The van der Waals surface area contributed by atoms with E-state index in [4.69, 9.17) is 4.74 Å². The summed E-state index contributed by atoms with van der Waals surface area (Å²) in [5.41, 5.74) is -0.246. The molecule has 0 radical (unpaired) electrons. The molecule has 1 aliphatic rings. The van der Waals surface area contributed by atoms with Crippen molar-refractivity contribution in [1.29, 1.82) is 0 Å². The predicted octanol–water partition coefficient (Wildman–Crippen LogP) is 3.43. The number of hydrogen-bond donors (Lipinski definition) is 1. The van der Waals surface area contributed by atoms with Crippen molar-refractivity contribution in [3.8, 4) is 0 Å². The number of nitrogens with one attached hydrogen (secondary N) is 1. The van der Waals surface area contributed by atoms with Gasteiger partial charge in [-0.1, -0.05) is 12.1 Å². The molecule has 27 heavy (non-hydrogen) atoms. The molecular weight excluding hydrogens is 371 g/mol. The zero-order chi connectivity index (χ0) is 20.2. The molecule has 1 unspecified atom stereocenters. The predicted molar refractivity (Wildman–Crippen MR) is 88.4 cm³/mol. The monoisotopic (exact) mass is 389 g/mol. The highest BCUT2D eigenvalue weighted by Crippen LogP contribution is 2.38. The lowest BCUT2D eigenvalue weighted by Crippen LogP contribution is -2.45. The number of carbonyl (C=O) groups is 2. The van der Waals surface area contributed by atoms with Gasteiger partial charge in [-0.2, -0.15) is 13.2 Å². The number of alkyl halides is 3. The second-order valence-corrected chi connectivity index (χ2v) is 5.93. The number of nitro benzene ring substituents is 1. The molecule has 8 nitrogen and oxygen atoms in total. The van der Waals surface area contributed by atoms with Crippen molar-refractivity contribution in [3.05, 3.63) is 33.9 Å². The average molecular weight is 389 g/mol. The molecule has 1 atom stereocenters. The summed E-state index contributed by atoms with van der Waals surface area (Å²) >= 11 is 0. The first-order chi connectivity index (χ1) is 12.6. The molecule has 1 aliphatic heterocycles. The van der Waals surface area contributed by atoms with E-state index in [1.54, 1.807) is 6.92 Å². The highest BCUT2D eigenvalue weighted by Gasteiger charge is 2.44. The minimum absolute atomic E-state index is 0.0408. The van der Waals surface area contributed by atoms with Crippen LogP contribution in [0.15, 0.2) is 18.2 Å². The number of carbonyl (C=O) groups excluding carboxylic acids is 2. The first-order valence-electron chi connectivity index (χ1n) is 8.22. The third-order valence-corrected chi connectivity index (χ3v) is 4.16. The molecule has 1 aromatic rings. The molecule has 2 amide bonds. The summed E-state index contributed by atoms with van der Waals surface area (Å²) in [6.07, 6.45) is -5.18. The number of nitrogens with zero attached hydrogens (tertiary/aromatic N) is 2. The molecule has 1 aromatic carbocycles. The molecule has 2 rings (SSSR count). The highest BCUT2D eigenvalue weighted by molar-refractivity contribution is 5.89. The number of ether oxygens (including phenoxy) is 1. The van der Waals surface area contributed by atoms with Crippen LogP contribution in [0.4, 0.5) is 29.3 Å². The Morgan fingerprint density at radius 2 is 2.11 bits per heavy atom. The highest BCUT2D eigenvalue weighted by atomic mass is 19.4. The Hall–Kier alpha value is -2.85. The molecule has 1 heterocycles. The fourth-order valence-corrected chi connectivity index (χ4v) is 3.05. The van der Waals surface area contributed by atoms with Crippen LogP contribution in [0.2, 0.25) is 0 Å². The molecule has 0 saturated carbocycles. The van der Waals surface area contributed by atoms with E-state index >= 15 is 0 Å². The topological polar surface area (TPSA) is 102 Å². The van der Waals surface area contributed by atoms with Gasteiger partial charge in [-0.05, 0) is 25.3 Å². The summed E-state index contributed by atoms with van der Waals surface area (Å²) in [5.74, 6) is -2.54. The normalized spacial score (nSPS) is 17.3. The lowest BCUT2D eigenvalue weighted by molar-refractivity contribution is -0.384. The molecule has 0 bridgehead atoms. The maximum absolute atomic E-state index is 12.7. The zero-order valence-electron chi connectivity index (χ0n) is 14.4. The maximum Gasteiger partial charge on any atom is 0.471 e. The van der Waals surface area contributed by atoms with E-state index in [1.165, 1.54) is 18.2 Å². The van der Waals surface area contributed by atoms with Gasteiger partial charge in [0.1, 0.15) is 5.69 Å². The summed E-state index contributed by atoms with van der Waals surface area (Å²) in [4.78, 5) is 34.6. The Labute approximate surface area is 152 Å². The van der Waals surface area contributed by atoms with Gasteiger partial charge >= 0.3 is 18.2 Å². The van der Waals surface area contributed by atoms with Crippen LogP contribution in [0, 0.1) is 10.1 Å². The smallest absolute Gasteiger partial charge is 0.450 e. The SMILES string of the molecule is CCOC(=O)Nc1c(C2CCCN(C(=O)C(F)(F)F)C2)cccc1[N+](=O)[O-]. The quantitative estimate of drug-likeness (QED) is 0.628. The zero-order valence-corrected chi connectivity index (χ0v) is 14.4. The number of hydrogen-bond acceptors (Lipinski definition) is 5. The molecule has 1 N–H and O–H groups in total. The van der Waals surface area contributed by atoms with Crippen molar-refractivity contribution in [2.24, 2.45) is 0 Å². The van der Waals surface area contributed by atoms with Crippen molar-refractivity contribution >= 4 is 23.4 Å². The van der Waals surface area contributed by atoms with Crippen molar-refractivity contribution in [2.75, 3.05) is 25.0 Å². The number of rotatable bonds is 4. The second-order valence-electron chi connectivity index (χ2n) is 5.93. The minimum atomic E-state index is -4.99. The number of anilines is 1. The Balaban J connectivity index is 2.36. The van der Waals surface area contributed by atoms with Crippen LogP contribution in [0.25, 0.3) is 0 Å². The van der Waals surface area contributed by atoms with Gasteiger partial charge in [0.2, 0.25) is 0 Å². The van der Waals surface area contributed by atoms with Crippen LogP contribution >= 0.6 is 0 Å². The van der Waals surface area contributed by atoms with Gasteiger partial charge in [0.15, 0.2) is 0 Å². The fraction of sp³-hybridized carbons (Fsp3) is 0.500. The lowest BCUT2D eigenvalue weighted by atomic mass is 9.89. The fourth-order valence-electron chi connectivity index (χ4n) is 3.05. The Morgan fingerprint density at radius 3 is 2.70 bits per heavy atom. The standard InChI is InChI=1S/C16H18F3N3O5/c1-2-27-15(24)20-13-11(6-3-7-12(13)22(25)26)10-5-4-8-21(9-10)14(23)16(17,18)19/h3,6-7,10H,2,4-5,8-9H2,1H3,(H,20,24). The van der Waals surface area contributed by atoms with Crippen molar-refractivity contribution < 1.29 is 32.4 Å². The van der Waals surface area contributed by atoms with Gasteiger partial charge in [-0.25, -0.2) is 4.79 Å². The number of likely N-dealkylation sites (tertiary alicyclic amines) is 1. The minimum Gasteiger partial charge on any atom is -0.450 e. The number of benzene rings is 1. The molecular formula is C16H18F3N3O5. The Bertz CT molecular complexity index is 739. The van der Waals surface area contributed by atoms with E-state index in [1.807, 2.05) is 0 Å². The third-order valence-electron chi connectivity index (χ3n) is 4.16. The van der Waals surface area contributed by atoms with Gasteiger partial charge in [0.05, 0.1) is 11.5 Å². The molecule has 148 valence electrons. The van der Waals surface area contributed by atoms with E-state index in [9.17, 15) is 32.9 Å². The van der Waals surface area contributed by atoms with Crippen LogP contribution < -0.4 is 5.32 Å². The van der Waals surface area contributed by atoms with Crippen LogP contribution in [0.1, 0.15) is 31.2 Å². The average Bonchev–Trinajstić information content (AvgIpc) is 2.60. The van der Waals surface area contributed by atoms with Crippen molar-refractivity contribution in [1.82, 2.24) is 4.90 Å². The number of amides is 2. The summed E-state index contributed by atoms with van der Waals surface area (Å²) in [6, 6.07) is 4.04. The van der Waals surface area contributed by atoms with Crippen molar-refractivity contribution in [3.63, 3.8) is 0 Å². The van der Waals surface area contributed by atoms with Crippen LogP contribution in [-0.4, -0.2) is 47.7 Å². The Morgan fingerprint density at radius 1 is 1.41 bits per heavy atom.